The number of fused-ring (bicyclic) bond motifs is 10. The number of benzene rings is 3. The zero-order chi connectivity index (χ0) is 40.0. The molecule has 6 aliphatic heterocycles. The Morgan fingerprint density at radius 2 is 1.86 bits per heavy atom. The molecule has 7 atom stereocenters. The third-order valence-corrected chi connectivity index (χ3v) is 13.0. The maximum atomic E-state index is 13.9. The number of piperazine rings is 1. The van der Waals surface area contributed by atoms with E-state index in [2.05, 4.69) is 27.3 Å². The normalized spacial score (nSPS) is 26.0. The molecule has 2 N–H and O–H groups in total. The second kappa shape index (κ2) is 16.1. The zero-order valence-corrected chi connectivity index (χ0v) is 33.3. The lowest BCUT2D eigenvalue weighted by Crippen LogP contribution is -2.69. The van der Waals surface area contributed by atoms with Gasteiger partial charge >= 0.3 is 12.1 Å². The van der Waals surface area contributed by atoms with Crippen LogP contribution in [0.4, 0.5) is 4.79 Å². The van der Waals surface area contributed by atoms with E-state index in [-0.39, 0.29) is 44.3 Å². The van der Waals surface area contributed by atoms with Crippen molar-refractivity contribution in [2.24, 2.45) is 0 Å². The van der Waals surface area contributed by atoms with Crippen molar-refractivity contribution in [1.29, 1.82) is 5.26 Å². The summed E-state index contributed by atoms with van der Waals surface area (Å²) in [4.78, 5) is 31.4. The van der Waals surface area contributed by atoms with Gasteiger partial charge in [0.15, 0.2) is 29.8 Å². The third-order valence-electron chi connectivity index (χ3n) is 11.6. The lowest BCUT2D eigenvalue weighted by atomic mass is 9.71. The van der Waals surface area contributed by atoms with Crippen LogP contribution in [-0.4, -0.2) is 112 Å². The molecule has 15 nitrogen and oxygen atoms in total. The van der Waals surface area contributed by atoms with E-state index in [1.165, 1.54) is 11.8 Å². The lowest BCUT2D eigenvalue weighted by Gasteiger charge is -2.61. The first kappa shape index (κ1) is 38.9. The van der Waals surface area contributed by atoms with Gasteiger partial charge in [0.05, 0.1) is 43.7 Å². The molecule has 3 aromatic rings. The van der Waals surface area contributed by atoms with E-state index in [9.17, 15) is 20.0 Å². The van der Waals surface area contributed by atoms with Gasteiger partial charge in [-0.1, -0.05) is 36.4 Å². The number of carbonyl (C=O) groups is 2. The van der Waals surface area contributed by atoms with Crippen molar-refractivity contribution in [3.8, 4) is 34.8 Å². The van der Waals surface area contributed by atoms with Crippen LogP contribution in [0.2, 0.25) is 0 Å². The Kier molecular flexibility index (Phi) is 11.0. The fourth-order valence-electron chi connectivity index (χ4n) is 9.14. The average Bonchev–Trinajstić information content (AvgIpc) is 3.70. The van der Waals surface area contributed by atoms with E-state index < -0.39 is 47.5 Å². The fourth-order valence-corrected chi connectivity index (χ4v) is 10.6. The molecular formula is C41H46N4O11S. The highest BCUT2D eigenvalue weighted by Gasteiger charge is 2.60. The van der Waals surface area contributed by atoms with Gasteiger partial charge in [0.25, 0.3) is 0 Å². The number of nitrogens with one attached hydrogen (secondary N) is 1. The van der Waals surface area contributed by atoms with Crippen LogP contribution in [0, 0.1) is 25.2 Å². The maximum absolute atomic E-state index is 13.9. The highest BCUT2D eigenvalue weighted by Crippen LogP contribution is 2.64. The number of carbonyl (C=O) groups excluding carboxylic acids is 2. The highest BCUT2D eigenvalue weighted by atomic mass is 32.2. The number of phenolic OH excluding ortho intramolecular Hbond substituents is 1. The first-order valence-corrected chi connectivity index (χ1v) is 19.9. The van der Waals surface area contributed by atoms with Crippen molar-refractivity contribution in [3.05, 3.63) is 75.3 Å². The number of aryl methyl sites for hydroxylation is 1. The van der Waals surface area contributed by atoms with Crippen LogP contribution in [0.5, 0.6) is 28.7 Å². The maximum Gasteiger partial charge on any atom is 0.408 e. The van der Waals surface area contributed by atoms with Gasteiger partial charge in [-0.2, -0.15) is 5.26 Å². The molecule has 0 aliphatic carbocycles. The molecule has 3 aromatic carbocycles. The second-order valence-electron chi connectivity index (χ2n) is 14.7. The predicted molar refractivity (Wildman–Crippen MR) is 205 cm³/mol. The summed E-state index contributed by atoms with van der Waals surface area (Å²) in [6.45, 7) is 4.20. The number of nitriles is 1. The van der Waals surface area contributed by atoms with E-state index >= 15 is 0 Å². The van der Waals surface area contributed by atoms with E-state index in [0.29, 0.717) is 59.3 Å². The Morgan fingerprint density at radius 3 is 2.61 bits per heavy atom. The van der Waals surface area contributed by atoms with Gasteiger partial charge in [0.1, 0.15) is 31.0 Å². The molecule has 0 aromatic heterocycles. The number of rotatable bonds is 10. The first-order chi connectivity index (χ1) is 27.7. The molecule has 0 radical (unpaired) electrons. The molecule has 16 heteroatoms. The first-order valence-electron chi connectivity index (χ1n) is 18.9. The zero-order valence-electron chi connectivity index (χ0n) is 32.4. The van der Waals surface area contributed by atoms with Gasteiger partial charge < -0.3 is 48.3 Å². The monoisotopic (exact) mass is 802 g/mol. The van der Waals surface area contributed by atoms with Crippen molar-refractivity contribution < 1.29 is 52.6 Å². The van der Waals surface area contributed by atoms with Crippen LogP contribution < -0.4 is 24.3 Å². The molecule has 9 rings (SSSR count). The van der Waals surface area contributed by atoms with Gasteiger partial charge in [-0.25, -0.2) is 9.59 Å². The number of esters is 1. The molecule has 0 saturated carbocycles. The Hall–Kier alpha value is -4.92. The van der Waals surface area contributed by atoms with Gasteiger partial charge in [-0.15, -0.1) is 11.8 Å². The van der Waals surface area contributed by atoms with Crippen molar-refractivity contribution in [2.45, 2.75) is 68.4 Å². The topological polar surface area (TPSA) is 171 Å². The SMILES string of the molecule is COCCOCOc1c(OC)c(C)cc2c1[C@@H]1C3[C@@H]4SC[C@H](NC(=O)OCc5ccccc5)C(=O)OC[C@@H](c5c6c(c(C)c(O)c54)OCO6)N3[C@@H](C#N)[C@H](C2)N1C. The van der Waals surface area contributed by atoms with Crippen LogP contribution >= 0.6 is 11.8 Å². The minimum Gasteiger partial charge on any atom is -0.507 e. The summed E-state index contributed by atoms with van der Waals surface area (Å²) < 4.78 is 47.0. The standard InChI is InChI=1S/C41H46N4O11S/c1-21-13-24-14-26-27(15-42)45-28-17-52-40(47)25(43-41(48)53-16-23-9-7-6-8-10-23)18-57-39(31-30(28)38-36(55-20-56-38)22(2)34(31)46)33(45)32(44(26)3)29(24)37(35(21)50-5)54-19-51-12-11-49-4/h6-10,13,25-28,32-33,39,46H,11-12,14,16-20H2,1-5H3,(H,43,48)/t25-,26-,27-,28-,32+,33?,39+/m0/s1. The molecule has 1 amide bonds. The molecule has 2 fully saturated rings. The summed E-state index contributed by atoms with van der Waals surface area (Å²) in [5.41, 5.74) is 5.32. The van der Waals surface area contributed by atoms with Gasteiger partial charge in [0.2, 0.25) is 6.79 Å². The van der Waals surface area contributed by atoms with Crippen molar-refractivity contribution in [2.75, 3.05) is 60.4 Å². The number of thioether (sulfide) groups is 1. The van der Waals surface area contributed by atoms with Crippen LogP contribution in [-0.2, 0) is 36.8 Å². The Morgan fingerprint density at radius 1 is 1.07 bits per heavy atom. The lowest BCUT2D eigenvalue weighted by molar-refractivity contribution is -0.151. The van der Waals surface area contributed by atoms with Gasteiger partial charge in [-0.05, 0) is 44.0 Å². The smallest absolute Gasteiger partial charge is 0.408 e. The van der Waals surface area contributed by atoms with Crippen molar-refractivity contribution in [3.63, 3.8) is 0 Å². The Labute approximate surface area is 335 Å². The number of alkyl carbamates (subject to hydrolysis) is 1. The highest BCUT2D eigenvalue weighted by molar-refractivity contribution is 7.99. The van der Waals surface area contributed by atoms with Crippen LogP contribution in [0.15, 0.2) is 36.4 Å². The molecule has 302 valence electrons. The quantitative estimate of drug-likeness (QED) is 0.166. The van der Waals surface area contributed by atoms with Crippen molar-refractivity contribution in [1.82, 2.24) is 15.1 Å². The number of phenols is 1. The molecular weight excluding hydrogens is 757 g/mol. The molecule has 0 spiro atoms. The fraction of sp³-hybridized carbons (Fsp3) is 0.488. The Bertz CT molecular complexity index is 2080. The number of amides is 1. The molecule has 4 bridgehead atoms. The summed E-state index contributed by atoms with van der Waals surface area (Å²) in [7, 11) is 5.22. The summed E-state index contributed by atoms with van der Waals surface area (Å²) in [6.07, 6.45) is -0.239. The molecule has 6 aliphatic rings. The number of hydrogen-bond acceptors (Lipinski definition) is 15. The number of ether oxygens (including phenoxy) is 8. The van der Waals surface area contributed by atoms with E-state index in [1.807, 2.05) is 44.3 Å². The number of hydrogen-bond donors (Lipinski definition) is 2. The molecule has 57 heavy (non-hydrogen) atoms. The van der Waals surface area contributed by atoms with E-state index in [4.69, 9.17) is 37.9 Å². The summed E-state index contributed by atoms with van der Waals surface area (Å²) in [6, 6.07) is 10.3. The van der Waals surface area contributed by atoms with Crippen molar-refractivity contribution >= 4 is 23.8 Å². The average molecular weight is 803 g/mol. The van der Waals surface area contributed by atoms with Crippen LogP contribution in [0.1, 0.15) is 56.3 Å². The number of methoxy groups -OCH3 is 2. The molecule has 2 saturated heterocycles. The molecule has 1 unspecified atom stereocenters. The van der Waals surface area contributed by atoms with E-state index in [1.54, 1.807) is 21.1 Å². The van der Waals surface area contributed by atoms with Crippen LogP contribution in [0.25, 0.3) is 0 Å². The van der Waals surface area contributed by atoms with E-state index in [0.717, 1.165) is 22.3 Å². The third kappa shape index (κ3) is 6.74. The number of nitrogens with zero attached hydrogens (tertiary/aromatic N) is 3. The van der Waals surface area contributed by atoms with Gasteiger partial charge in [0, 0.05) is 47.2 Å². The Balaban J connectivity index is 1.25. The van der Waals surface area contributed by atoms with Gasteiger partial charge in [-0.3, -0.25) is 9.80 Å². The number of likely N-dealkylation sites (N-methyl/N-ethyl adjacent to an activating group) is 1. The summed E-state index contributed by atoms with van der Waals surface area (Å²) >= 11 is 1.39. The van der Waals surface area contributed by atoms with Crippen LogP contribution in [0.3, 0.4) is 0 Å². The summed E-state index contributed by atoms with van der Waals surface area (Å²) in [5.74, 6) is 1.43. The largest absolute Gasteiger partial charge is 0.507 e. The predicted octanol–water partition coefficient (Wildman–Crippen LogP) is 4.60. The molecule has 6 heterocycles. The second-order valence-corrected chi connectivity index (χ2v) is 15.9. The minimum atomic E-state index is -1.09. The number of aromatic hydroxyl groups is 1. The summed E-state index contributed by atoms with van der Waals surface area (Å²) in [5, 5.41) is 25.5. The minimum absolute atomic E-state index is 0.0198.